The number of hydrogen-bond acceptors (Lipinski definition) is 6. The molecule has 0 fully saturated rings. The first-order valence-corrected chi connectivity index (χ1v) is 7.54. The van der Waals surface area contributed by atoms with Crippen LogP contribution in [0.2, 0.25) is 0 Å². The van der Waals surface area contributed by atoms with Crippen molar-refractivity contribution in [2.24, 2.45) is 0 Å². The molecule has 0 saturated heterocycles. The highest BCUT2D eigenvalue weighted by molar-refractivity contribution is 8.01. The standard InChI is InChI=1S/C12H13F2N3OS2/c1-17(2)11-15-16-12(20-11)19-6-10(18)7-3-4-8(13)9(14)5-7/h3-5,10,18H,6H2,1-2H3. The van der Waals surface area contributed by atoms with E-state index in [-0.39, 0.29) is 0 Å². The van der Waals surface area contributed by atoms with Gasteiger partial charge in [-0.15, -0.1) is 10.2 Å². The fraction of sp³-hybridized carbons (Fsp3) is 0.333. The van der Waals surface area contributed by atoms with Gasteiger partial charge in [0, 0.05) is 19.8 Å². The number of thioether (sulfide) groups is 1. The van der Waals surface area contributed by atoms with E-state index < -0.39 is 17.7 Å². The van der Waals surface area contributed by atoms with E-state index in [4.69, 9.17) is 0 Å². The van der Waals surface area contributed by atoms with Gasteiger partial charge in [-0.3, -0.25) is 0 Å². The van der Waals surface area contributed by atoms with Gasteiger partial charge in [0.05, 0.1) is 6.10 Å². The Morgan fingerprint density at radius 2 is 2.05 bits per heavy atom. The Hall–Kier alpha value is -1.25. The highest BCUT2D eigenvalue weighted by Crippen LogP contribution is 2.30. The molecule has 108 valence electrons. The van der Waals surface area contributed by atoms with Crippen molar-refractivity contribution in [3.63, 3.8) is 0 Å². The first-order chi connectivity index (χ1) is 9.47. The van der Waals surface area contributed by atoms with E-state index in [1.54, 1.807) is 0 Å². The molecule has 0 spiro atoms. The van der Waals surface area contributed by atoms with Crippen LogP contribution < -0.4 is 4.90 Å². The molecule has 4 nitrogen and oxygen atoms in total. The number of rotatable bonds is 5. The van der Waals surface area contributed by atoms with E-state index in [1.165, 1.54) is 29.2 Å². The van der Waals surface area contributed by atoms with Gasteiger partial charge in [-0.05, 0) is 17.7 Å². The van der Waals surface area contributed by atoms with Crippen molar-refractivity contribution >= 4 is 28.2 Å². The van der Waals surface area contributed by atoms with E-state index in [1.807, 2.05) is 19.0 Å². The van der Waals surface area contributed by atoms with Crippen LogP contribution in [-0.2, 0) is 0 Å². The molecule has 2 rings (SSSR count). The Morgan fingerprint density at radius 3 is 2.65 bits per heavy atom. The normalized spacial score (nSPS) is 12.4. The van der Waals surface area contributed by atoms with Gasteiger partial charge in [0.2, 0.25) is 5.13 Å². The van der Waals surface area contributed by atoms with Gasteiger partial charge in [0.15, 0.2) is 16.0 Å². The third-order valence-electron chi connectivity index (χ3n) is 2.47. The van der Waals surface area contributed by atoms with Gasteiger partial charge < -0.3 is 10.0 Å². The lowest BCUT2D eigenvalue weighted by Gasteiger charge is -2.09. The lowest BCUT2D eigenvalue weighted by atomic mass is 10.1. The number of benzene rings is 1. The largest absolute Gasteiger partial charge is 0.388 e. The Kier molecular flexibility index (Phi) is 4.90. The van der Waals surface area contributed by atoms with Crippen LogP contribution in [0.25, 0.3) is 0 Å². The van der Waals surface area contributed by atoms with Crippen LogP contribution in [0.1, 0.15) is 11.7 Å². The summed E-state index contributed by atoms with van der Waals surface area (Å²) in [7, 11) is 3.73. The van der Waals surface area contributed by atoms with Gasteiger partial charge in [-0.1, -0.05) is 29.2 Å². The minimum atomic E-state index is -0.961. The highest BCUT2D eigenvalue weighted by Gasteiger charge is 2.13. The fourth-order valence-corrected chi connectivity index (χ4v) is 3.16. The van der Waals surface area contributed by atoms with Crippen LogP contribution in [0, 0.1) is 11.6 Å². The Bertz CT molecular complexity index is 592. The summed E-state index contributed by atoms with van der Waals surface area (Å²) in [5.41, 5.74) is 0.341. The first-order valence-electron chi connectivity index (χ1n) is 5.74. The van der Waals surface area contributed by atoms with Crippen molar-refractivity contribution in [3.8, 4) is 0 Å². The van der Waals surface area contributed by atoms with E-state index in [0.29, 0.717) is 11.3 Å². The quantitative estimate of drug-likeness (QED) is 0.859. The van der Waals surface area contributed by atoms with Crippen LogP contribution in [0.15, 0.2) is 22.5 Å². The summed E-state index contributed by atoms with van der Waals surface area (Å²) >= 11 is 2.73. The maximum Gasteiger partial charge on any atom is 0.208 e. The van der Waals surface area contributed by atoms with Crippen LogP contribution in [0.4, 0.5) is 13.9 Å². The molecular weight excluding hydrogens is 304 g/mol. The molecule has 1 heterocycles. The molecule has 0 amide bonds. The molecule has 0 aliphatic rings. The van der Waals surface area contributed by atoms with Crippen LogP contribution in [0.3, 0.4) is 0 Å². The van der Waals surface area contributed by atoms with Crippen molar-refractivity contribution in [1.29, 1.82) is 0 Å². The van der Waals surface area contributed by atoms with E-state index in [0.717, 1.165) is 21.6 Å². The monoisotopic (exact) mass is 317 g/mol. The van der Waals surface area contributed by atoms with Crippen molar-refractivity contribution in [3.05, 3.63) is 35.4 Å². The maximum absolute atomic E-state index is 13.1. The molecule has 0 radical (unpaired) electrons. The zero-order valence-corrected chi connectivity index (χ0v) is 12.5. The molecule has 0 saturated carbocycles. The number of nitrogens with zero attached hydrogens (tertiary/aromatic N) is 3. The van der Waals surface area contributed by atoms with E-state index >= 15 is 0 Å². The summed E-state index contributed by atoms with van der Waals surface area (Å²) in [6.07, 6.45) is -0.887. The Morgan fingerprint density at radius 1 is 1.30 bits per heavy atom. The minimum absolute atomic E-state index is 0.299. The molecule has 0 aliphatic heterocycles. The number of aromatic nitrogens is 2. The smallest absolute Gasteiger partial charge is 0.208 e. The summed E-state index contributed by atoms with van der Waals surface area (Å²) in [5, 5.41) is 18.7. The van der Waals surface area contributed by atoms with Gasteiger partial charge in [-0.25, -0.2) is 8.78 Å². The zero-order valence-electron chi connectivity index (χ0n) is 10.9. The lowest BCUT2D eigenvalue weighted by Crippen LogP contribution is -2.07. The predicted octanol–water partition coefficient (Wildman–Crippen LogP) is 2.71. The average molecular weight is 317 g/mol. The highest BCUT2D eigenvalue weighted by atomic mass is 32.2. The molecule has 2 aromatic rings. The second-order valence-electron chi connectivity index (χ2n) is 4.25. The van der Waals surface area contributed by atoms with Crippen molar-refractivity contribution < 1.29 is 13.9 Å². The minimum Gasteiger partial charge on any atom is -0.388 e. The summed E-state index contributed by atoms with van der Waals surface area (Å²) < 4.78 is 26.6. The summed E-state index contributed by atoms with van der Waals surface area (Å²) in [6, 6.07) is 3.38. The molecule has 8 heteroatoms. The fourth-order valence-electron chi connectivity index (χ4n) is 1.41. The second kappa shape index (κ2) is 6.47. The molecule has 1 N–H and O–H groups in total. The van der Waals surface area contributed by atoms with E-state index in [9.17, 15) is 13.9 Å². The Labute approximate surface area is 123 Å². The molecule has 1 aromatic heterocycles. The molecule has 1 aromatic carbocycles. The van der Waals surface area contributed by atoms with Crippen molar-refractivity contribution in [1.82, 2.24) is 10.2 Å². The molecular formula is C12H13F2N3OS2. The summed E-state index contributed by atoms with van der Waals surface area (Å²) in [5.74, 6) is -1.58. The third kappa shape index (κ3) is 3.65. The molecule has 20 heavy (non-hydrogen) atoms. The van der Waals surface area contributed by atoms with Crippen LogP contribution >= 0.6 is 23.1 Å². The van der Waals surface area contributed by atoms with Crippen LogP contribution in [0.5, 0.6) is 0 Å². The first kappa shape index (κ1) is 15.1. The molecule has 1 atom stereocenters. The van der Waals surface area contributed by atoms with Gasteiger partial charge in [0.1, 0.15) is 0 Å². The molecule has 1 unspecified atom stereocenters. The predicted molar refractivity (Wildman–Crippen MR) is 76.3 cm³/mol. The second-order valence-corrected chi connectivity index (χ2v) is 6.47. The average Bonchev–Trinajstić information content (AvgIpc) is 2.88. The van der Waals surface area contributed by atoms with Gasteiger partial charge in [0.25, 0.3) is 0 Å². The molecule has 0 bridgehead atoms. The summed E-state index contributed by atoms with van der Waals surface area (Å²) in [6.45, 7) is 0. The number of halogens is 2. The van der Waals surface area contributed by atoms with Gasteiger partial charge >= 0.3 is 0 Å². The lowest BCUT2D eigenvalue weighted by molar-refractivity contribution is 0.203. The van der Waals surface area contributed by atoms with Crippen molar-refractivity contribution in [2.45, 2.75) is 10.4 Å². The molecule has 0 aliphatic carbocycles. The number of anilines is 1. The number of aliphatic hydroxyl groups excluding tert-OH is 1. The number of hydrogen-bond donors (Lipinski definition) is 1. The topological polar surface area (TPSA) is 49.2 Å². The summed E-state index contributed by atoms with van der Waals surface area (Å²) in [4.78, 5) is 1.84. The maximum atomic E-state index is 13.1. The zero-order chi connectivity index (χ0) is 14.7. The third-order valence-corrected chi connectivity index (χ3v) is 4.77. The van der Waals surface area contributed by atoms with Crippen molar-refractivity contribution in [2.75, 3.05) is 24.7 Å². The number of aliphatic hydroxyl groups is 1. The van der Waals surface area contributed by atoms with Gasteiger partial charge in [-0.2, -0.15) is 0 Å². The SMILES string of the molecule is CN(C)c1nnc(SCC(O)c2ccc(F)c(F)c2)s1. The Balaban J connectivity index is 1.97. The van der Waals surface area contributed by atoms with E-state index in [2.05, 4.69) is 10.2 Å². The van der Waals surface area contributed by atoms with Crippen LogP contribution in [-0.4, -0.2) is 35.2 Å².